The molecular weight excluding hydrogens is 262 g/mol. The Morgan fingerprint density at radius 3 is 2.76 bits per heavy atom. The van der Waals surface area contributed by atoms with Gasteiger partial charge in [0.25, 0.3) is 0 Å². The molecule has 1 aliphatic heterocycles. The third-order valence-corrected chi connectivity index (χ3v) is 3.60. The van der Waals surface area contributed by atoms with Crippen LogP contribution < -0.4 is 4.90 Å². The van der Waals surface area contributed by atoms with Crippen LogP contribution in [0.2, 0.25) is 0 Å². The Morgan fingerprint density at radius 2 is 2.00 bits per heavy atom. The summed E-state index contributed by atoms with van der Waals surface area (Å²) in [5.74, 6) is 5.40. The molecule has 0 spiro atoms. The molecule has 0 amide bonds. The lowest BCUT2D eigenvalue weighted by Gasteiger charge is -2.16. The maximum Gasteiger partial charge on any atom is 0.335 e. The van der Waals surface area contributed by atoms with Crippen LogP contribution in [0.15, 0.2) is 48.5 Å². The van der Waals surface area contributed by atoms with Gasteiger partial charge in [0.15, 0.2) is 0 Å². The number of nitrogens with zero attached hydrogens (tertiary/aromatic N) is 1. The maximum absolute atomic E-state index is 11.1. The molecule has 21 heavy (non-hydrogen) atoms. The van der Waals surface area contributed by atoms with Gasteiger partial charge in [0.1, 0.15) is 0 Å². The van der Waals surface area contributed by atoms with Crippen molar-refractivity contribution in [1.29, 1.82) is 0 Å². The number of benzene rings is 2. The van der Waals surface area contributed by atoms with Crippen molar-refractivity contribution in [2.24, 2.45) is 0 Å². The van der Waals surface area contributed by atoms with Crippen LogP contribution in [0.25, 0.3) is 0 Å². The van der Waals surface area contributed by atoms with E-state index in [1.165, 1.54) is 5.56 Å². The summed E-state index contributed by atoms with van der Waals surface area (Å²) in [4.78, 5) is 13.2. The van der Waals surface area contributed by atoms with E-state index < -0.39 is 5.97 Å². The monoisotopic (exact) mass is 277 g/mol. The lowest BCUT2D eigenvalue weighted by Crippen LogP contribution is -2.20. The lowest BCUT2D eigenvalue weighted by atomic mass is 10.1. The number of carboxylic acids is 1. The van der Waals surface area contributed by atoms with E-state index in [1.54, 1.807) is 12.1 Å². The summed E-state index contributed by atoms with van der Waals surface area (Å²) in [6.07, 6.45) is 0.947. The van der Waals surface area contributed by atoms with Gasteiger partial charge in [-0.15, -0.1) is 0 Å². The summed E-state index contributed by atoms with van der Waals surface area (Å²) >= 11 is 0. The van der Waals surface area contributed by atoms with Crippen LogP contribution in [0.1, 0.15) is 21.5 Å². The highest BCUT2D eigenvalue weighted by molar-refractivity contribution is 5.89. The van der Waals surface area contributed by atoms with E-state index in [-0.39, 0.29) is 0 Å². The zero-order valence-corrected chi connectivity index (χ0v) is 11.5. The Morgan fingerprint density at radius 1 is 1.19 bits per heavy atom. The molecule has 0 saturated heterocycles. The molecule has 1 aliphatic rings. The molecule has 1 heterocycles. The van der Waals surface area contributed by atoms with Crippen molar-refractivity contribution >= 4 is 11.7 Å². The standard InChI is InChI=1S/C18H15NO2/c20-18(21)16-9-8-15-10-12-19(17(15)13-16)11-4-7-14-5-2-1-3-6-14/h1-3,5-6,8-9,13H,10-12H2,(H,20,21). The fraction of sp³-hybridized carbons (Fsp3) is 0.167. The molecular formula is C18H15NO2. The first-order chi connectivity index (χ1) is 10.2. The zero-order chi connectivity index (χ0) is 14.7. The van der Waals surface area contributed by atoms with Gasteiger partial charge >= 0.3 is 5.97 Å². The number of aromatic carboxylic acids is 1. The van der Waals surface area contributed by atoms with Crippen molar-refractivity contribution in [3.05, 3.63) is 65.2 Å². The number of carbonyl (C=O) groups is 1. The predicted molar refractivity (Wildman–Crippen MR) is 82.6 cm³/mol. The molecule has 0 aromatic heterocycles. The predicted octanol–water partition coefficient (Wildman–Crippen LogP) is 2.80. The normalized spacial score (nSPS) is 12.5. The van der Waals surface area contributed by atoms with Crippen LogP contribution >= 0.6 is 0 Å². The third-order valence-electron chi connectivity index (χ3n) is 3.60. The fourth-order valence-electron chi connectivity index (χ4n) is 2.50. The molecule has 2 aromatic rings. The zero-order valence-electron chi connectivity index (χ0n) is 11.5. The van der Waals surface area contributed by atoms with Gasteiger partial charge in [0, 0.05) is 17.8 Å². The minimum absolute atomic E-state index is 0.330. The second-order valence-electron chi connectivity index (χ2n) is 4.99. The maximum atomic E-state index is 11.1. The molecule has 104 valence electrons. The minimum Gasteiger partial charge on any atom is -0.478 e. The molecule has 0 saturated carbocycles. The van der Waals surface area contributed by atoms with Gasteiger partial charge in [-0.1, -0.05) is 36.1 Å². The number of hydrogen-bond donors (Lipinski definition) is 1. The molecule has 1 N–H and O–H groups in total. The molecule has 0 radical (unpaired) electrons. The van der Waals surface area contributed by atoms with Gasteiger partial charge < -0.3 is 10.0 Å². The highest BCUT2D eigenvalue weighted by atomic mass is 16.4. The first kappa shape index (κ1) is 13.3. The van der Waals surface area contributed by atoms with Crippen LogP contribution in [0, 0.1) is 11.8 Å². The van der Waals surface area contributed by atoms with Crippen LogP contribution in [-0.4, -0.2) is 24.2 Å². The minimum atomic E-state index is -0.889. The number of hydrogen-bond acceptors (Lipinski definition) is 2. The molecule has 3 nitrogen and oxygen atoms in total. The second kappa shape index (κ2) is 5.72. The SMILES string of the molecule is O=C(O)c1ccc2c(c1)N(CC#Cc1ccccc1)CC2. The van der Waals surface area contributed by atoms with E-state index in [0.717, 1.165) is 24.2 Å². The Labute approximate surface area is 123 Å². The van der Waals surface area contributed by atoms with Crippen molar-refractivity contribution in [3.8, 4) is 11.8 Å². The van der Waals surface area contributed by atoms with Gasteiger partial charge in [0.2, 0.25) is 0 Å². The van der Waals surface area contributed by atoms with Gasteiger partial charge in [-0.05, 0) is 36.2 Å². The highest BCUT2D eigenvalue weighted by Crippen LogP contribution is 2.28. The van der Waals surface area contributed by atoms with E-state index in [0.29, 0.717) is 12.1 Å². The Balaban J connectivity index is 1.77. The van der Waals surface area contributed by atoms with Crippen LogP contribution in [-0.2, 0) is 6.42 Å². The second-order valence-corrected chi connectivity index (χ2v) is 4.99. The number of carboxylic acid groups (broad SMARTS) is 1. The summed E-state index contributed by atoms with van der Waals surface area (Å²) < 4.78 is 0. The first-order valence-corrected chi connectivity index (χ1v) is 6.89. The molecule has 0 fully saturated rings. The Bertz CT molecular complexity index is 726. The first-order valence-electron chi connectivity index (χ1n) is 6.89. The van der Waals surface area contributed by atoms with Crippen LogP contribution in [0.3, 0.4) is 0 Å². The van der Waals surface area contributed by atoms with E-state index in [4.69, 9.17) is 5.11 Å². The Kier molecular flexibility index (Phi) is 3.61. The molecule has 3 heteroatoms. The summed E-state index contributed by atoms with van der Waals surface area (Å²) in [6.45, 7) is 1.51. The smallest absolute Gasteiger partial charge is 0.335 e. The number of fused-ring (bicyclic) bond motifs is 1. The number of rotatable bonds is 2. The third kappa shape index (κ3) is 2.90. The average Bonchev–Trinajstić information content (AvgIpc) is 2.91. The quantitative estimate of drug-likeness (QED) is 0.858. The molecule has 2 aromatic carbocycles. The number of anilines is 1. The molecule has 0 aliphatic carbocycles. The van der Waals surface area contributed by atoms with Gasteiger partial charge in [0.05, 0.1) is 12.1 Å². The molecule has 3 rings (SSSR count). The van der Waals surface area contributed by atoms with Crippen molar-refractivity contribution in [2.75, 3.05) is 18.0 Å². The summed E-state index contributed by atoms with van der Waals surface area (Å²) in [6, 6.07) is 15.2. The summed E-state index contributed by atoms with van der Waals surface area (Å²) in [7, 11) is 0. The van der Waals surface area contributed by atoms with Crippen molar-refractivity contribution in [2.45, 2.75) is 6.42 Å². The van der Waals surface area contributed by atoms with Crippen LogP contribution in [0.4, 0.5) is 5.69 Å². The van der Waals surface area contributed by atoms with E-state index in [9.17, 15) is 4.79 Å². The summed E-state index contributed by atoms with van der Waals surface area (Å²) in [5, 5.41) is 9.08. The summed E-state index contributed by atoms with van der Waals surface area (Å²) in [5.41, 5.74) is 3.52. The topological polar surface area (TPSA) is 40.5 Å². The van der Waals surface area contributed by atoms with Crippen molar-refractivity contribution < 1.29 is 9.90 Å². The largest absolute Gasteiger partial charge is 0.478 e. The lowest BCUT2D eigenvalue weighted by molar-refractivity contribution is 0.0697. The van der Waals surface area contributed by atoms with Crippen molar-refractivity contribution in [3.63, 3.8) is 0 Å². The fourth-order valence-corrected chi connectivity index (χ4v) is 2.50. The van der Waals surface area contributed by atoms with E-state index >= 15 is 0 Å². The van der Waals surface area contributed by atoms with E-state index in [1.807, 2.05) is 36.4 Å². The van der Waals surface area contributed by atoms with Gasteiger partial charge in [-0.3, -0.25) is 0 Å². The van der Waals surface area contributed by atoms with Gasteiger partial charge in [-0.25, -0.2) is 4.79 Å². The highest BCUT2D eigenvalue weighted by Gasteiger charge is 2.19. The van der Waals surface area contributed by atoms with E-state index in [2.05, 4.69) is 16.7 Å². The van der Waals surface area contributed by atoms with Gasteiger partial charge in [-0.2, -0.15) is 0 Å². The van der Waals surface area contributed by atoms with Crippen molar-refractivity contribution in [1.82, 2.24) is 0 Å². The molecule has 0 unspecified atom stereocenters. The average molecular weight is 277 g/mol. The van der Waals surface area contributed by atoms with Crippen LogP contribution in [0.5, 0.6) is 0 Å². The molecule has 0 atom stereocenters. The molecule has 0 bridgehead atoms. The Hall–Kier alpha value is -2.73.